The van der Waals surface area contributed by atoms with Gasteiger partial charge in [0.15, 0.2) is 11.5 Å². The van der Waals surface area contributed by atoms with Crippen LogP contribution >= 0.6 is 11.6 Å². The van der Waals surface area contributed by atoms with Crippen LogP contribution in [0.4, 0.5) is 0 Å². The number of aliphatic carboxylic acids is 1. The third-order valence-electron chi connectivity index (χ3n) is 7.69. The van der Waals surface area contributed by atoms with E-state index in [0.29, 0.717) is 41.5 Å². The second kappa shape index (κ2) is 12.7. The number of fused-ring (bicyclic) bond motifs is 1. The molecular formula is C35H34ClNO5. The number of carbonyl (C=O) groups is 2. The van der Waals surface area contributed by atoms with E-state index in [1.54, 1.807) is 18.1 Å². The molecule has 0 saturated heterocycles. The standard InChI is InChI=1S/C35H34ClNO5/c1-35(21-24-13-15-29(36)16-14-24)22-28-19-27(20-31(41-2)33(28)42-35)34(40)37(18-17-32(38)39)23-30(25-9-5-3-6-10-25)26-11-7-4-8-12-26/h3-16,19-20,30H,17-18,21-23H2,1-2H3,(H,38,39). The first-order valence-corrected chi connectivity index (χ1v) is 14.4. The van der Waals surface area contributed by atoms with Gasteiger partial charge in [0, 0.05) is 48.0 Å². The van der Waals surface area contributed by atoms with Crippen LogP contribution in [0.5, 0.6) is 11.5 Å². The van der Waals surface area contributed by atoms with Gasteiger partial charge < -0.3 is 19.5 Å². The van der Waals surface area contributed by atoms with Gasteiger partial charge in [0.1, 0.15) is 5.60 Å². The van der Waals surface area contributed by atoms with Gasteiger partial charge in [-0.3, -0.25) is 9.59 Å². The van der Waals surface area contributed by atoms with Crippen molar-refractivity contribution in [2.24, 2.45) is 0 Å². The number of ether oxygens (including phenoxy) is 2. The first kappa shape index (κ1) is 29.2. The summed E-state index contributed by atoms with van der Waals surface area (Å²) in [5.74, 6) is -0.222. The number of hydrogen-bond acceptors (Lipinski definition) is 4. The minimum atomic E-state index is -0.957. The Kier molecular flexibility index (Phi) is 8.83. The van der Waals surface area contributed by atoms with Crippen LogP contribution in [0.15, 0.2) is 97.1 Å². The zero-order valence-corrected chi connectivity index (χ0v) is 24.5. The number of rotatable bonds is 11. The van der Waals surface area contributed by atoms with Gasteiger partial charge in [0.05, 0.1) is 13.5 Å². The molecule has 1 N–H and O–H groups in total. The third kappa shape index (κ3) is 6.77. The Balaban J connectivity index is 1.45. The number of benzene rings is 4. The van der Waals surface area contributed by atoms with Crippen molar-refractivity contribution < 1.29 is 24.2 Å². The first-order valence-electron chi connectivity index (χ1n) is 14.0. The third-order valence-corrected chi connectivity index (χ3v) is 7.94. The Morgan fingerprint density at radius 3 is 2.17 bits per heavy atom. The van der Waals surface area contributed by atoms with E-state index in [9.17, 15) is 14.7 Å². The topological polar surface area (TPSA) is 76.1 Å². The zero-order valence-electron chi connectivity index (χ0n) is 23.8. The molecule has 5 rings (SSSR count). The summed E-state index contributed by atoms with van der Waals surface area (Å²) in [5, 5.41) is 10.2. The smallest absolute Gasteiger partial charge is 0.305 e. The number of nitrogens with zero attached hydrogens (tertiary/aromatic N) is 1. The molecule has 4 aromatic rings. The summed E-state index contributed by atoms with van der Waals surface area (Å²) in [4.78, 5) is 27.4. The number of carboxylic acid groups (broad SMARTS) is 1. The number of methoxy groups -OCH3 is 1. The summed E-state index contributed by atoms with van der Waals surface area (Å²) in [6.07, 6.45) is 1.09. The van der Waals surface area contributed by atoms with Crippen molar-refractivity contribution in [2.75, 3.05) is 20.2 Å². The van der Waals surface area contributed by atoms with Crippen molar-refractivity contribution in [3.05, 3.63) is 130 Å². The van der Waals surface area contributed by atoms with Crippen molar-refractivity contribution in [3.8, 4) is 11.5 Å². The van der Waals surface area contributed by atoms with Gasteiger partial charge >= 0.3 is 5.97 Å². The highest BCUT2D eigenvalue weighted by Gasteiger charge is 2.38. The lowest BCUT2D eigenvalue weighted by Crippen LogP contribution is -2.37. The van der Waals surface area contributed by atoms with E-state index < -0.39 is 11.6 Å². The summed E-state index contributed by atoms with van der Waals surface area (Å²) in [7, 11) is 1.56. The maximum atomic E-state index is 14.1. The molecule has 1 aliphatic rings. The second-order valence-electron chi connectivity index (χ2n) is 11.0. The van der Waals surface area contributed by atoms with Crippen molar-refractivity contribution in [1.29, 1.82) is 0 Å². The quantitative estimate of drug-likeness (QED) is 0.205. The molecule has 1 atom stereocenters. The van der Waals surface area contributed by atoms with Gasteiger partial charge in [-0.15, -0.1) is 0 Å². The molecule has 1 heterocycles. The lowest BCUT2D eigenvalue weighted by Gasteiger charge is -2.28. The van der Waals surface area contributed by atoms with Crippen LogP contribution in [-0.2, 0) is 17.6 Å². The van der Waals surface area contributed by atoms with Crippen molar-refractivity contribution in [2.45, 2.75) is 37.7 Å². The molecule has 7 heteroatoms. The van der Waals surface area contributed by atoms with Gasteiger partial charge in [-0.25, -0.2) is 0 Å². The van der Waals surface area contributed by atoms with E-state index in [2.05, 4.69) is 0 Å². The van der Waals surface area contributed by atoms with Gasteiger partial charge in [0.2, 0.25) is 0 Å². The normalized spacial score (nSPS) is 15.6. The number of carboxylic acids is 1. The molecule has 0 bridgehead atoms. The largest absolute Gasteiger partial charge is 0.493 e. The lowest BCUT2D eigenvalue weighted by molar-refractivity contribution is -0.137. The predicted octanol–water partition coefficient (Wildman–Crippen LogP) is 7.03. The van der Waals surface area contributed by atoms with E-state index in [1.807, 2.05) is 97.9 Å². The molecular weight excluding hydrogens is 550 g/mol. The molecule has 0 spiro atoms. The summed E-state index contributed by atoms with van der Waals surface area (Å²) < 4.78 is 12.1. The van der Waals surface area contributed by atoms with Crippen LogP contribution in [0.25, 0.3) is 0 Å². The summed E-state index contributed by atoms with van der Waals surface area (Å²) >= 11 is 6.07. The monoisotopic (exact) mass is 583 g/mol. The molecule has 0 aliphatic carbocycles. The Labute approximate surface area is 251 Å². The van der Waals surface area contributed by atoms with Crippen LogP contribution in [0.1, 0.15) is 51.9 Å². The van der Waals surface area contributed by atoms with Crippen LogP contribution in [-0.4, -0.2) is 47.7 Å². The van der Waals surface area contributed by atoms with Crippen molar-refractivity contribution in [1.82, 2.24) is 4.90 Å². The average Bonchev–Trinajstić information content (AvgIpc) is 3.34. The van der Waals surface area contributed by atoms with Crippen molar-refractivity contribution >= 4 is 23.5 Å². The van der Waals surface area contributed by atoms with Gasteiger partial charge in [0.25, 0.3) is 5.91 Å². The number of hydrogen-bond donors (Lipinski definition) is 1. The molecule has 6 nitrogen and oxygen atoms in total. The number of carbonyl (C=O) groups excluding carboxylic acids is 1. The lowest BCUT2D eigenvalue weighted by atomic mass is 9.90. The van der Waals surface area contributed by atoms with E-state index >= 15 is 0 Å². The minimum absolute atomic E-state index is 0.0779. The second-order valence-corrected chi connectivity index (χ2v) is 11.4. The Hall–Kier alpha value is -4.29. The van der Waals surface area contributed by atoms with Gasteiger partial charge in [-0.1, -0.05) is 84.4 Å². The van der Waals surface area contributed by atoms with Crippen LogP contribution in [0.3, 0.4) is 0 Å². The summed E-state index contributed by atoms with van der Waals surface area (Å²) in [5.41, 5.74) is 3.99. The van der Waals surface area contributed by atoms with Gasteiger partial charge in [-0.05, 0) is 47.9 Å². The number of amides is 1. The fourth-order valence-corrected chi connectivity index (χ4v) is 5.81. The number of halogens is 1. The molecule has 0 radical (unpaired) electrons. The minimum Gasteiger partial charge on any atom is -0.493 e. The molecule has 0 fully saturated rings. The Morgan fingerprint density at radius 1 is 0.976 bits per heavy atom. The zero-order chi connectivity index (χ0) is 29.7. The molecule has 0 aromatic heterocycles. The predicted molar refractivity (Wildman–Crippen MR) is 164 cm³/mol. The average molecular weight is 584 g/mol. The molecule has 4 aromatic carbocycles. The van der Waals surface area contributed by atoms with E-state index in [1.165, 1.54) is 0 Å². The van der Waals surface area contributed by atoms with E-state index in [0.717, 1.165) is 22.3 Å². The molecule has 216 valence electrons. The molecule has 1 aliphatic heterocycles. The first-order chi connectivity index (χ1) is 20.2. The molecule has 1 unspecified atom stereocenters. The Bertz CT molecular complexity index is 1500. The Morgan fingerprint density at radius 2 is 1.60 bits per heavy atom. The van der Waals surface area contributed by atoms with Crippen LogP contribution in [0, 0.1) is 0 Å². The van der Waals surface area contributed by atoms with Crippen molar-refractivity contribution in [3.63, 3.8) is 0 Å². The van der Waals surface area contributed by atoms with E-state index in [-0.39, 0.29) is 24.8 Å². The molecule has 1 amide bonds. The van der Waals surface area contributed by atoms with Crippen LogP contribution < -0.4 is 9.47 Å². The fraction of sp³-hybridized carbons (Fsp3) is 0.257. The molecule has 42 heavy (non-hydrogen) atoms. The maximum Gasteiger partial charge on any atom is 0.305 e. The fourth-order valence-electron chi connectivity index (χ4n) is 5.68. The molecule has 0 saturated carbocycles. The van der Waals surface area contributed by atoms with Gasteiger partial charge in [-0.2, -0.15) is 0 Å². The maximum absolute atomic E-state index is 14.1. The highest BCUT2D eigenvalue weighted by molar-refractivity contribution is 6.30. The summed E-state index contributed by atoms with van der Waals surface area (Å²) in [6.45, 7) is 2.45. The SMILES string of the molecule is COc1cc(C(=O)N(CCC(=O)O)CC(c2ccccc2)c2ccccc2)cc2c1OC(C)(Cc1ccc(Cl)cc1)C2. The van der Waals surface area contributed by atoms with E-state index in [4.69, 9.17) is 21.1 Å². The highest BCUT2D eigenvalue weighted by Crippen LogP contribution is 2.44. The highest BCUT2D eigenvalue weighted by atomic mass is 35.5. The summed E-state index contributed by atoms with van der Waals surface area (Å²) in [6, 6.07) is 31.2. The van der Waals surface area contributed by atoms with Crippen LogP contribution in [0.2, 0.25) is 5.02 Å².